The molecule has 0 bridgehead atoms. The highest BCUT2D eigenvalue weighted by molar-refractivity contribution is 7.92. The van der Waals surface area contributed by atoms with Gasteiger partial charge in [-0.2, -0.15) is 13.9 Å². The normalized spacial score (nSPS) is 20.3. The number of hydrogen-bond donors (Lipinski definition) is 5. The molecule has 2 aromatic rings. The van der Waals surface area contributed by atoms with Crippen LogP contribution in [0, 0.1) is 5.92 Å². The van der Waals surface area contributed by atoms with Crippen molar-refractivity contribution in [2.24, 2.45) is 10.3 Å². The largest absolute Gasteiger partial charge is 0.506 e. The van der Waals surface area contributed by atoms with Crippen molar-refractivity contribution in [2.75, 3.05) is 15.9 Å². The quantitative estimate of drug-likeness (QED) is 0.244. The van der Waals surface area contributed by atoms with E-state index in [9.17, 15) is 41.8 Å². The van der Waals surface area contributed by atoms with E-state index in [0.29, 0.717) is 16.3 Å². The van der Waals surface area contributed by atoms with Crippen molar-refractivity contribution in [2.45, 2.75) is 56.5 Å². The Balaban J connectivity index is 1.87. The molecule has 2 aromatic carbocycles. The molecule has 4 rings (SSSR count). The third-order valence-electron chi connectivity index (χ3n) is 7.29. The maximum Gasteiger partial charge on any atom is 0.327 e. The Labute approximate surface area is 243 Å². The number of fused-ring (bicyclic) bond motifs is 2. The minimum atomic E-state index is -4.61. The van der Waals surface area contributed by atoms with Crippen LogP contribution in [0.2, 0.25) is 0 Å². The molecule has 1 heterocycles. The Morgan fingerprint density at radius 3 is 2.43 bits per heavy atom. The number of aliphatic hydroxyl groups is 1. The Morgan fingerprint density at radius 2 is 1.86 bits per heavy atom. The lowest BCUT2D eigenvalue weighted by atomic mass is 9.71. The fourth-order valence-electron chi connectivity index (χ4n) is 5.22. The van der Waals surface area contributed by atoms with Crippen molar-refractivity contribution >= 4 is 54.8 Å². The molecule has 5 N–H and O–H groups in total. The van der Waals surface area contributed by atoms with E-state index >= 15 is 0 Å². The van der Waals surface area contributed by atoms with Gasteiger partial charge in [-0.15, -0.1) is 4.40 Å². The highest BCUT2D eigenvalue weighted by atomic mass is 32.2. The molecule has 0 aromatic heterocycles. The van der Waals surface area contributed by atoms with Crippen molar-refractivity contribution in [3.8, 4) is 0 Å². The van der Waals surface area contributed by atoms with E-state index in [0.717, 1.165) is 12.3 Å². The summed E-state index contributed by atoms with van der Waals surface area (Å²) < 4.78 is 56.4. The third-order valence-corrected chi connectivity index (χ3v) is 9.79. The van der Waals surface area contributed by atoms with Crippen LogP contribution in [0.5, 0.6) is 0 Å². The van der Waals surface area contributed by atoms with E-state index in [-0.39, 0.29) is 35.7 Å². The van der Waals surface area contributed by atoms with Crippen LogP contribution >= 0.6 is 0 Å². The summed E-state index contributed by atoms with van der Waals surface area (Å²) in [5, 5.41) is 33.9. The van der Waals surface area contributed by atoms with Crippen LogP contribution in [0.3, 0.4) is 0 Å². The van der Waals surface area contributed by atoms with Gasteiger partial charge < -0.3 is 20.7 Å². The first-order valence-electron chi connectivity index (χ1n) is 13.1. The second kappa shape index (κ2) is 11.1. The van der Waals surface area contributed by atoms with Gasteiger partial charge >= 0.3 is 5.97 Å². The molecule has 0 saturated heterocycles. The predicted octanol–water partition coefficient (Wildman–Crippen LogP) is 2.99. The first-order chi connectivity index (χ1) is 19.6. The van der Waals surface area contributed by atoms with Crippen LogP contribution in [0.25, 0.3) is 5.76 Å². The number of nitrogens with one attached hydrogen (secondary N) is 2. The number of sulfonamides is 2. The number of nitrogens with zero attached hydrogens (tertiary/aromatic N) is 2. The number of benzene rings is 2. The number of carbonyl (C=O) groups excluding carboxylic acids is 1. The molecule has 15 heteroatoms. The first-order valence-corrected chi connectivity index (χ1v) is 16.4. The van der Waals surface area contributed by atoms with Gasteiger partial charge in [0.2, 0.25) is 10.0 Å². The van der Waals surface area contributed by atoms with E-state index in [1.54, 1.807) is 18.2 Å². The molecular formula is C27H32N4O9S2. The molecule has 1 aliphatic heterocycles. The second-order valence-corrected chi connectivity index (χ2v) is 14.0. The number of carboxylic acids is 1. The van der Waals surface area contributed by atoms with E-state index < -0.39 is 65.4 Å². The lowest BCUT2D eigenvalue weighted by Crippen LogP contribution is -2.52. The van der Waals surface area contributed by atoms with Gasteiger partial charge in [-0.05, 0) is 48.9 Å². The molecule has 42 heavy (non-hydrogen) atoms. The van der Waals surface area contributed by atoms with Crippen LogP contribution < -0.4 is 15.1 Å². The Bertz CT molecular complexity index is 1730. The summed E-state index contributed by atoms with van der Waals surface area (Å²) in [6.45, 7) is 5.35. The van der Waals surface area contributed by atoms with Gasteiger partial charge in [0.25, 0.3) is 10.0 Å². The van der Waals surface area contributed by atoms with E-state index in [4.69, 9.17) is 0 Å². The van der Waals surface area contributed by atoms with Crippen LogP contribution in [-0.2, 0) is 35.2 Å². The summed E-state index contributed by atoms with van der Waals surface area (Å²) in [5.74, 6) is -3.11. The fourth-order valence-corrected chi connectivity index (χ4v) is 7.56. The summed E-state index contributed by atoms with van der Waals surface area (Å²) in [6.07, 6.45) is 1.33. The van der Waals surface area contributed by atoms with E-state index in [1.165, 1.54) is 25.1 Å². The Hall–Kier alpha value is -3.79. The van der Waals surface area contributed by atoms with Gasteiger partial charge in [0.15, 0.2) is 11.6 Å². The fraction of sp³-hybridized carbons (Fsp3) is 0.370. The van der Waals surface area contributed by atoms with Crippen LogP contribution in [0.1, 0.15) is 51.2 Å². The number of aliphatic hydroxyl groups excluding tert-OH is 1. The monoisotopic (exact) mass is 620 g/mol. The van der Waals surface area contributed by atoms with Crippen LogP contribution in [-0.4, -0.2) is 62.1 Å². The maximum atomic E-state index is 14.0. The van der Waals surface area contributed by atoms with Gasteiger partial charge in [0.1, 0.15) is 27.8 Å². The van der Waals surface area contributed by atoms with E-state index in [1.807, 2.05) is 13.8 Å². The zero-order valence-corrected chi connectivity index (χ0v) is 25.0. The number of rotatable bonds is 10. The highest BCUT2D eigenvalue weighted by Gasteiger charge is 2.49. The lowest BCUT2D eigenvalue weighted by Gasteiger charge is -2.38. The average Bonchev–Trinajstić information content (AvgIpc) is 2.91. The molecule has 0 spiro atoms. The Kier molecular flexibility index (Phi) is 8.25. The maximum absolute atomic E-state index is 14.0. The summed E-state index contributed by atoms with van der Waals surface area (Å²) in [6, 6.07) is 8.32. The smallest absolute Gasteiger partial charge is 0.327 e. The second-order valence-electron chi connectivity index (χ2n) is 10.6. The molecule has 0 fully saturated rings. The number of Topliss-reactive ketones (excluding diaryl/α,β-unsaturated/α-hetero) is 1. The molecular weight excluding hydrogens is 588 g/mol. The van der Waals surface area contributed by atoms with Gasteiger partial charge in [0, 0.05) is 5.56 Å². The van der Waals surface area contributed by atoms with Crippen molar-refractivity contribution < 1.29 is 41.8 Å². The summed E-state index contributed by atoms with van der Waals surface area (Å²) in [5.41, 5.74) is 0.172. The number of aliphatic carboxylic acids is 1. The van der Waals surface area contributed by atoms with Gasteiger partial charge in [0.05, 0.1) is 17.6 Å². The van der Waals surface area contributed by atoms with Gasteiger partial charge in [-0.25, -0.2) is 13.2 Å². The minimum absolute atomic E-state index is 0.0859. The molecule has 226 valence electrons. The molecule has 0 amide bonds. The lowest BCUT2D eigenvalue weighted by molar-refractivity contribution is -0.138. The molecule has 1 aliphatic carbocycles. The van der Waals surface area contributed by atoms with Crippen molar-refractivity contribution in [1.29, 1.82) is 0 Å². The van der Waals surface area contributed by atoms with Crippen molar-refractivity contribution in [3.05, 3.63) is 59.2 Å². The molecule has 2 unspecified atom stereocenters. The van der Waals surface area contributed by atoms with Crippen LogP contribution in [0.4, 0.5) is 11.4 Å². The van der Waals surface area contributed by atoms with Crippen LogP contribution in [0.15, 0.2) is 57.3 Å². The number of amidine groups is 1. The number of anilines is 2. The number of hydrogen-bond acceptors (Lipinski definition) is 10. The molecule has 2 atom stereocenters. The average molecular weight is 621 g/mol. The van der Waals surface area contributed by atoms with Crippen molar-refractivity contribution in [1.82, 2.24) is 5.48 Å². The minimum Gasteiger partial charge on any atom is -0.506 e. The first kappa shape index (κ1) is 31.2. The topological polar surface area (TPSA) is 203 Å². The standard InChI is InChI=1S/C27H32N4O9S2/c1-5-20(26(34)35)31(41(4,37)38)16-10-11-19-21(14-16)42(39,40)29-25(28-19)22-23(32)17-8-6-7-9-18(17)27(30-36,24(22)33)13-12-15(2)3/h6-11,14-15,20,30,32,36H,5,12-13H2,1-4H3,(H,28,29)(H,34,35). The Morgan fingerprint density at radius 1 is 1.19 bits per heavy atom. The van der Waals surface area contributed by atoms with Crippen molar-refractivity contribution in [3.63, 3.8) is 0 Å². The number of carbonyl (C=O) groups is 2. The molecule has 13 nitrogen and oxygen atoms in total. The summed E-state index contributed by atoms with van der Waals surface area (Å²) >= 11 is 0. The SMILES string of the molecule is CCC(C(=O)O)N(c1ccc2c(c1)S(=O)(=O)N=C(C1=C(O)c3ccccc3C(CCC(C)C)(NO)C1=O)N2)S(C)(=O)=O. The number of carboxylic acid groups (broad SMARTS) is 1. The predicted molar refractivity (Wildman–Crippen MR) is 155 cm³/mol. The van der Waals surface area contributed by atoms with Gasteiger partial charge in [-0.1, -0.05) is 45.0 Å². The van der Waals surface area contributed by atoms with E-state index in [2.05, 4.69) is 15.2 Å². The molecule has 2 aliphatic rings. The third kappa shape index (κ3) is 5.28. The number of ketones is 1. The zero-order chi connectivity index (χ0) is 31.2. The summed E-state index contributed by atoms with van der Waals surface area (Å²) in [4.78, 5) is 25.4. The van der Waals surface area contributed by atoms with Gasteiger partial charge in [-0.3, -0.25) is 9.10 Å². The number of hydroxylamine groups is 1. The molecule has 0 radical (unpaired) electrons. The summed E-state index contributed by atoms with van der Waals surface area (Å²) in [7, 11) is -8.76. The molecule has 0 saturated carbocycles. The highest BCUT2D eigenvalue weighted by Crippen LogP contribution is 2.43. The zero-order valence-electron chi connectivity index (χ0n) is 23.3.